The second-order valence-electron chi connectivity index (χ2n) is 7.76. The number of benzene rings is 2. The van der Waals surface area contributed by atoms with Gasteiger partial charge in [0, 0.05) is 30.8 Å². The third-order valence-corrected chi connectivity index (χ3v) is 5.44. The molecule has 3 aromatic rings. The summed E-state index contributed by atoms with van der Waals surface area (Å²) in [4.78, 5) is 39.8. The summed E-state index contributed by atoms with van der Waals surface area (Å²) >= 11 is 0. The zero-order valence-electron chi connectivity index (χ0n) is 17.6. The maximum atomic E-state index is 13.0. The first-order chi connectivity index (χ1) is 15.6. The van der Waals surface area contributed by atoms with E-state index in [9.17, 15) is 14.4 Å². The lowest BCUT2D eigenvalue weighted by Crippen LogP contribution is -2.45. The summed E-state index contributed by atoms with van der Waals surface area (Å²) in [6, 6.07) is 18.7. The minimum Gasteiger partial charge on any atom is -0.459 e. The van der Waals surface area contributed by atoms with Gasteiger partial charge >= 0.3 is 0 Å². The summed E-state index contributed by atoms with van der Waals surface area (Å²) in [6.45, 7) is 1.57. The summed E-state index contributed by atoms with van der Waals surface area (Å²) in [6.07, 6.45) is 3.80. The van der Waals surface area contributed by atoms with E-state index < -0.39 is 11.9 Å². The normalized spacial score (nSPS) is 14.1. The minimum absolute atomic E-state index is 0.00745. The van der Waals surface area contributed by atoms with E-state index in [1.165, 1.54) is 6.26 Å². The lowest BCUT2D eigenvalue weighted by molar-refractivity contribution is -0.118. The fraction of sp³-hybridized carbons (Fsp3) is 0.240. The number of carbonyl (C=O) groups excluding carboxylic acids is 3. The molecule has 1 unspecified atom stereocenters. The molecule has 7 heteroatoms. The number of furan rings is 1. The lowest BCUT2D eigenvalue weighted by atomic mass is 10.0. The van der Waals surface area contributed by atoms with Crippen LogP contribution in [-0.2, 0) is 11.2 Å². The van der Waals surface area contributed by atoms with Gasteiger partial charge in [0.15, 0.2) is 5.76 Å². The summed E-state index contributed by atoms with van der Waals surface area (Å²) in [7, 11) is 0. The first kappa shape index (κ1) is 21.4. The molecule has 0 saturated carbocycles. The molecule has 1 aromatic heterocycles. The Bertz CT molecular complexity index is 1060. The highest BCUT2D eigenvalue weighted by Crippen LogP contribution is 2.16. The Morgan fingerprint density at radius 1 is 0.906 bits per heavy atom. The number of amides is 3. The Morgan fingerprint density at radius 2 is 1.62 bits per heavy atom. The van der Waals surface area contributed by atoms with Crippen molar-refractivity contribution < 1.29 is 18.8 Å². The van der Waals surface area contributed by atoms with Gasteiger partial charge in [-0.25, -0.2) is 0 Å². The second kappa shape index (κ2) is 9.96. The monoisotopic (exact) mass is 431 g/mol. The number of rotatable bonds is 7. The highest BCUT2D eigenvalue weighted by Gasteiger charge is 2.24. The standard InChI is InChI=1S/C25H25N3O4/c29-23(26-20-12-10-19(11-13-20)25(31)28-14-4-5-15-28)21(17-18-7-2-1-3-8-18)27-24(30)22-9-6-16-32-22/h1-3,6-13,16,21H,4-5,14-15,17H2,(H,26,29)(H,27,30). The SMILES string of the molecule is O=C(NC(Cc1ccccc1)C(=O)Nc1ccc(C(=O)N2CCCC2)cc1)c1ccco1. The predicted molar refractivity (Wildman–Crippen MR) is 120 cm³/mol. The van der Waals surface area contributed by atoms with Crippen LogP contribution in [0.15, 0.2) is 77.4 Å². The van der Waals surface area contributed by atoms with E-state index in [0.29, 0.717) is 17.7 Å². The number of hydrogen-bond donors (Lipinski definition) is 2. The van der Waals surface area contributed by atoms with E-state index in [-0.39, 0.29) is 17.6 Å². The maximum Gasteiger partial charge on any atom is 0.287 e. The Hall–Kier alpha value is -3.87. The second-order valence-corrected chi connectivity index (χ2v) is 7.76. The third-order valence-electron chi connectivity index (χ3n) is 5.44. The van der Waals surface area contributed by atoms with Crippen molar-refractivity contribution in [2.75, 3.05) is 18.4 Å². The molecule has 2 heterocycles. The van der Waals surface area contributed by atoms with Gasteiger partial charge in [-0.1, -0.05) is 30.3 Å². The zero-order valence-corrected chi connectivity index (χ0v) is 17.6. The van der Waals surface area contributed by atoms with Crippen LogP contribution in [0, 0.1) is 0 Å². The quantitative estimate of drug-likeness (QED) is 0.599. The molecule has 1 aliphatic rings. The Labute approximate surface area is 186 Å². The molecular formula is C25H25N3O4. The van der Waals surface area contributed by atoms with Crippen molar-refractivity contribution >= 4 is 23.4 Å². The van der Waals surface area contributed by atoms with Crippen LogP contribution in [0.5, 0.6) is 0 Å². The Balaban J connectivity index is 1.45. The van der Waals surface area contributed by atoms with Crippen molar-refractivity contribution in [1.82, 2.24) is 10.2 Å². The van der Waals surface area contributed by atoms with Gasteiger partial charge in [-0.15, -0.1) is 0 Å². The van der Waals surface area contributed by atoms with E-state index in [4.69, 9.17) is 4.42 Å². The summed E-state index contributed by atoms with van der Waals surface area (Å²) in [5, 5.41) is 5.59. The average Bonchev–Trinajstić information content (AvgIpc) is 3.54. The van der Waals surface area contributed by atoms with Gasteiger partial charge in [-0.05, 0) is 54.8 Å². The first-order valence-electron chi connectivity index (χ1n) is 10.7. The highest BCUT2D eigenvalue weighted by molar-refractivity contribution is 6.01. The van der Waals surface area contributed by atoms with Gasteiger partial charge in [0.25, 0.3) is 11.8 Å². The molecule has 0 radical (unpaired) electrons. The Kier molecular flexibility index (Phi) is 6.65. The number of nitrogens with zero attached hydrogens (tertiary/aromatic N) is 1. The van der Waals surface area contributed by atoms with Gasteiger partial charge in [0.05, 0.1) is 6.26 Å². The fourth-order valence-electron chi connectivity index (χ4n) is 3.72. The number of nitrogens with one attached hydrogen (secondary N) is 2. The van der Waals surface area contributed by atoms with E-state index in [1.807, 2.05) is 35.2 Å². The van der Waals surface area contributed by atoms with Gasteiger partial charge in [0.1, 0.15) is 6.04 Å². The van der Waals surface area contributed by atoms with Crippen molar-refractivity contribution in [3.63, 3.8) is 0 Å². The molecule has 1 atom stereocenters. The van der Waals surface area contributed by atoms with Crippen molar-refractivity contribution in [3.05, 3.63) is 89.9 Å². The molecule has 32 heavy (non-hydrogen) atoms. The van der Waals surface area contributed by atoms with Gasteiger partial charge in [-0.2, -0.15) is 0 Å². The van der Waals surface area contributed by atoms with Crippen LogP contribution in [0.1, 0.15) is 39.3 Å². The van der Waals surface area contributed by atoms with Crippen molar-refractivity contribution in [1.29, 1.82) is 0 Å². The summed E-state index contributed by atoms with van der Waals surface area (Å²) in [5.41, 5.74) is 2.06. The first-order valence-corrected chi connectivity index (χ1v) is 10.7. The van der Waals surface area contributed by atoms with Crippen LogP contribution >= 0.6 is 0 Å². The molecule has 2 aromatic carbocycles. The smallest absolute Gasteiger partial charge is 0.287 e. The number of likely N-dealkylation sites (tertiary alicyclic amines) is 1. The predicted octanol–water partition coefficient (Wildman–Crippen LogP) is 3.50. The van der Waals surface area contributed by atoms with E-state index in [1.54, 1.807) is 36.4 Å². The van der Waals surface area contributed by atoms with Crippen LogP contribution in [0.25, 0.3) is 0 Å². The largest absolute Gasteiger partial charge is 0.459 e. The summed E-state index contributed by atoms with van der Waals surface area (Å²) < 4.78 is 5.14. The fourth-order valence-corrected chi connectivity index (χ4v) is 3.72. The van der Waals surface area contributed by atoms with Gasteiger partial charge in [-0.3, -0.25) is 14.4 Å². The molecule has 1 saturated heterocycles. The van der Waals surface area contributed by atoms with Crippen LogP contribution in [0.2, 0.25) is 0 Å². The van der Waals surface area contributed by atoms with Crippen molar-refractivity contribution in [2.45, 2.75) is 25.3 Å². The maximum absolute atomic E-state index is 13.0. The molecule has 1 fully saturated rings. The molecule has 0 aliphatic carbocycles. The molecule has 3 amide bonds. The van der Waals surface area contributed by atoms with Gasteiger partial charge in [0.2, 0.25) is 5.91 Å². The molecular weight excluding hydrogens is 406 g/mol. The summed E-state index contributed by atoms with van der Waals surface area (Å²) in [5.74, 6) is -0.668. The number of carbonyl (C=O) groups is 3. The molecule has 7 nitrogen and oxygen atoms in total. The van der Waals surface area contributed by atoms with Crippen LogP contribution < -0.4 is 10.6 Å². The van der Waals surface area contributed by atoms with E-state index >= 15 is 0 Å². The molecule has 0 bridgehead atoms. The van der Waals surface area contributed by atoms with Crippen LogP contribution in [0.4, 0.5) is 5.69 Å². The van der Waals surface area contributed by atoms with Crippen molar-refractivity contribution in [2.24, 2.45) is 0 Å². The topological polar surface area (TPSA) is 91.7 Å². The average molecular weight is 431 g/mol. The lowest BCUT2D eigenvalue weighted by Gasteiger charge is -2.19. The molecule has 1 aliphatic heterocycles. The van der Waals surface area contributed by atoms with E-state index in [0.717, 1.165) is 31.5 Å². The van der Waals surface area contributed by atoms with Crippen LogP contribution in [0.3, 0.4) is 0 Å². The highest BCUT2D eigenvalue weighted by atomic mass is 16.3. The number of hydrogen-bond acceptors (Lipinski definition) is 4. The molecule has 4 rings (SSSR count). The minimum atomic E-state index is -0.805. The molecule has 2 N–H and O–H groups in total. The zero-order chi connectivity index (χ0) is 22.3. The van der Waals surface area contributed by atoms with E-state index in [2.05, 4.69) is 10.6 Å². The third kappa shape index (κ3) is 5.24. The van der Waals surface area contributed by atoms with Crippen molar-refractivity contribution in [3.8, 4) is 0 Å². The number of anilines is 1. The van der Waals surface area contributed by atoms with Gasteiger partial charge < -0.3 is 20.0 Å². The Morgan fingerprint density at radius 3 is 2.28 bits per heavy atom. The van der Waals surface area contributed by atoms with Crippen LogP contribution in [-0.4, -0.2) is 41.8 Å². The molecule has 0 spiro atoms. The molecule has 164 valence electrons.